The van der Waals surface area contributed by atoms with Gasteiger partial charge < -0.3 is 4.74 Å². The van der Waals surface area contributed by atoms with Crippen LogP contribution in [0.3, 0.4) is 0 Å². The summed E-state index contributed by atoms with van der Waals surface area (Å²) in [5.41, 5.74) is 0.719. The number of ether oxygens (including phenoxy) is 1. The normalized spacial score (nSPS) is 17.5. The van der Waals surface area contributed by atoms with Gasteiger partial charge in [-0.05, 0) is 30.7 Å². The summed E-state index contributed by atoms with van der Waals surface area (Å²) in [5, 5.41) is -0.586. The van der Waals surface area contributed by atoms with Crippen LogP contribution in [-0.4, -0.2) is 52.3 Å². The molecular formula is C13H19NO5S2. The van der Waals surface area contributed by atoms with Gasteiger partial charge in [-0.25, -0.2) is 16.8 Å². The van der Waals surface area contributed by atoms with E-state index >= 15 is 0 Å². The number of methoxy groups -OCH3 is 1. The van der Waals surface area contributed by atoms with Gasteiger partial charge >= 0.3 is 0 Å². The molecule has 0 unspecified atom stereocenters. The highest BCUT2D eigenvalue weighted by atomic mass is 32.2. The summed E-state index contributed by atoms with van der Waals surface area (Å²) in [5.74, 6) is 0.650. The molecule has 1 aromatic rings. The quantitative estimate of drug-likeness (QED) is 0.796. The van der Waals surface area contributed by atoms with Gasteiger partial charge in [0.1, 0.15) is 5.75 Å². The molecule has 1 aliphatic heterocycles. The van der Waals surface area contributed by atoms with E-state index in [9.17, 15) is 16.8 Å². The Morgan fingerprint density at radius 1 is 1.24 bits per heavy atom. The second-order valence-corrected chi connectivity index (χ2v) is 9.53. The zero-order chi connectivity index (χ0) is 15.8. The number of sulfone groups is 1. The van der Waals surface area contributed by atoms with Crippen LogP contribution in [0.25, 0.3) is 0 Å². The van der Waals surface area contributed by atoms with Crippen LogP contribution in [0.4, 0.5) is 0 Å². The number of rotatable bonds is 5. The van der Waals surface area contributed by atoms with Crippen LogP contribution < -0.4 is 4.74 Å². The molecule has 6 nitrogen and oxygen atoms in total. The van der Waals surface area contributed by atoms with Crippen molar-refractivity contribution in [2.45, 2.75) is 24.0 Å². The van der Waals surface area contributed by atoms with E-state index in [0.717, 1.165) is 5.56 Å². The topological polar surface area (TPSA) is 80.8 Å². The number of hydrogen-bond donors (Lipinski definition) is 0. The number of sulfonamides is 1. The molecule has 1 aliphatic rings. The van der Waals surface area contributed by atoms with Crippen molar-refractivity contribution in [3.8, 4) is 5.75 Å². The molecule has 8 heteroatoms. The number of hydrogen-bond acceptors (Lipinski definition) is 5. The van der Waals surface area contributed by atoms with E-state index < -0.39 is 25.1 Å². The molecule has 0 atom stereocenters. The van der Waals surface area contributed by atoms with E-state index in [4.69, 9.17) is 4.74 Å². The fourth-order valence-electron chi connectivity index (χ4n) is 2.22. The first-order valence-corrected chi connectivity index (χ1v) is 9.74. The minimum atomic E-state index is -3.64. The van der Waals surface area contributed by atoms with Gasteiger partial charge in [0, 0.05) is 18.8 Å². The first-order chi connectivity index (χ1) is 9.72. The maximum absolute atomic E-state index is 12.4. The average molecular weight is 333 g/mol. The summed E-state index contributed by atoms with van der Waals surface area (Å²) in [6.45, 7) is 3.39. The Morgan fingerprint density at radius 3 is 2.33 bits per heavy atom. The molecule has 0 aliphatic carbocycles. The molecule has 1 heterocycles. The molecule has 0 bridgehead atoms. The number of benzene rings is 1. The largest absolute Gasteiger partial charge is 0.496 e. The van der Waals surface area contributed by atoms with Crippen LogP contribution >= 0.6 is 0 Å². The minimum Gasteiger partial charge on any atom is -0.496 e. The van der Waals surface area contributed by atoms with Gasteiger partial charge in [0.2, 0.25) is 10.0 Å². The zero-order valence-electron chi connectivity index (χ0n) is 12.2. The number of aryl methyl sites for hydroxylation is 1. The molecule has 0 aromatic heterocycles. The van der Waals surface area contributed by atoms with Gasteiger partial charge in [0.15, 0.2) is 9.84 Å². The summed E-state index contributed by atoms with van der Waals surface area (Å²) in [7, 11) is -5.30. The minimum absolute atomic E-state index is 0.0313. The molecule has 2 rings (SSSR count). The lowest BCUT2D eigenvalue weighted by Gasteiger charge is -2.37. The predicted octanol–water partition coefficient (Wildman–Crippen LogP) is 0.811. The Hall–Kier alpha value is -1.12. The highest BCUT2D eigenvalue weighted by molar-refractivity contribution is 7.92. The summed E-state index contributed by atoms with van der Waals surface area (Å²) >= 11 is 0. The van der Waals surface area contributed by atoms with E-state index in [-0.39, 0.29) is 23.7 Å². The monoisotopic (exact) mass is 333 g/mol. The molecule has 118 valence electrons. The molecule has 0 saturated carbocycles. The van der Waals surface area contributed by atoms with Crippen LogP contribution in [0.5, 0.6) is 5.75 Å². The highest BCUT2D eigenvalue weighted by Gasteiger charge is 2.42. The number of nitrogens with zero attached hydrogens (tertiary/aromatic N) is 1. The van der Waals surface area contributed by atoms with Crippen molar-refractivity contribution in [1.82, 2.24) is 4.31 Å². The summed E-state index contributed by atoms with van der Waals surface area (Å²) in [6, 6.07) is 4.61. The van der Waals surface area contributed by atoms with E-state index in [1.165, 1.54) is 23.5 Å². The second-order valence-electron chi connectivity index (χ2n) is 5.03. The van der Waals surface area contributed by atoms with Gasteiger partial charge in [-0.1, -0.05) is 6.92 Å². The Morgan fingerprint density at radius 2 is 1.86 bits per heavy atom. The van der Waals surface area contributed by atoms with E-state index in [2.05, 4.69) is 0 Å². The van der Waals surface area contributed by atoms with Gasteiger partial charge in [-0.3, -0.25) is 0 Å². The molecule has 1 aromatic carbocycles. The van der Waals surface area contributed by atoms with Gasteiger partial charge in [0.05, 0.1) is 17.3 Å². The summed E-state index contributed by atoms with van der Waals surface area (Å²) in [6.07, 6.45) is 0. The molecule has 1 fully saturated rings. The first-order valence-electron chi connectivity index (χ1n) is 6.58. The third-order valence-electron chi connectivity index (χ3n) is 3.73. The molecule has 0 spiro atoms. The molecule has 0 N–H and O–H groups in total. The maximum atomic E-state index is 12.4. The predicted molar refractivity (Wildman–Crippen MR) is 79.7 cm³/mol. The standard InChI is InChI=1S/C13H19NO5S2/c1-4-20(15,16)12-8-14(9-12)21(17,18)11-5-6-13(19-3)10(2)7-11/h5-7,12H,4,8-9H2,1-3H3. The first kappa shape index (κ1) is 16.3. The van der Waals surface area contributed by atoms with E-state index in [1.807, 2.05) is 0 Å². The lowest BCUT2D eigenvalue weighted by molar-refractivity contribution is 0.310. The van der Waals surface area contributed by atoms with Crippen LogP contribution in [0.1, 0.15) is 12.5 Å². The fourth-order valence-corrected chi connectivity index (χ4v) is 5.31. The lowest BCUT2D eigenvalue weighted by atomic mass is 10.2. The molecule has 21 heavy (non-hydrogen) atoms. The molecule has 1 saturated heterocycles. The van der Waals surface area contributed by atoms with Gasteiger partial charge in [-0.15, -0.1) is 0 Å². The molecule has 0 radical (unpaired) electrons. The summed E-state index contributed by atoms with van der Waals surface area (Å²) < 4.78 is 54.5. The Bertz CT molecular complexity index is 734. The Balaban J connectivity index is 2.20. The third kappa shape index (κ3) is 2.93. The smallest absolute Gasteiger partial charge is 0.243 e. The van der Waals surface area contributed by atoms with Gasteiger partial charge in [0.25, 0.3) is 0 Å². The van der Waals surface area contributed by atoms with Crippen LogP contribution in [0.15, 0.2) is 23.1 Å². The van der Waals surface area contributed by atoms with Crippen molar-refractivity contribution in [3.05, 3.63) is 23.8 Å². The Kier molecular flexibility index (Phi) is 4.32. The van der Waals surface area contributed by atoms with Crippen molar-refractivity contribution in [2.75, 3.05) is 26.0 Å². The van der Waals surface area contributed by atoms with Crippen LogP contribution in [0.2, 0.25) is 0 Å². The van der Waals surface area contributed by atoms with Crippen molar-refractivity contribution < 1.29 is 21.6 Å². The van der Waals surface area contributed by atoms with Crippen molar-refractivity contribution in [1.29, 1.82) is 0 Å². The SMILES string of the molecule is CCS(=O)(=O)C1CN(S(=O)(=O)c2ccc(OC)c(C)c2)C1. The van der Waals surface area contributed by atoms with Crippen molar-refractivity contribution in [3.63, 3.8) is 0 Å². The van der Waals surface area contributed by atoms with E-state index in [0.29, 0.717) is 5.75 Å². The third-order valence-corrected chi connectivity index (χ3v) is 7.68. The zero-order valence-corrected chi connectivity index (χ0v) is 13.9. The fraction of sp³-hybridized carbons (Fsp3) is 0.538. The molecule has 0 amide bonds. The highest BCUT2D eigenvalue weighted by Crippen LogP contribution is 2.28. The van der Waals surface area contributed by atoms with Crippen LogP contribution in [-0.2, 0) is 19.9 Å². The molecular weight excluding hydrogens is 314 g/mol. The second kappa shape index (κ2) is 5.58. The Labute approximate surface area is 125 Å². The van der Waals surface area contributed by atoms with E-state index in [1.54, 1.807) is 19.9 Å². The summed E-state index contributed by atoms with van der Waals surface area (Å²) in [4.78, 5) is 0.160. The maximum Gasteiger partial charge on any atom is 0.243 e. The van der Waals surface area contributed by atoms with Gasteiger partial charge in [-0.2, -0.15) is 4.31 Å². The average Bonchev–Trinajstić information content (AvgIpc) is 2.36. The van der Waals surface area contributed by atoms with Crippen molar-refractivity contribution in [2.24, 2.45) is 0 Å². The lowest BCUT2D eigenvalue weighted by Crippen LogP contribution is -2.57. The van der Waals surface area contributed by atoms with Crippen molar-refractivity contribution >= 4 is 19.9 Å². The van der Waals surface area contributed by atoms with Crippen LogP contribution in [0, 0.1) is 6.92 Å².